The van der Waals surface area contributed by atoms with Crippen LogP contribution in [0.3, 0.4) is 0 Å². The van der Waals surface area contributed by atoms with Gasteiger partial charge in [-0.2, -0.15) is 0 Å². The molecule has 0 aliphatic rings. The zero-order valence-electron chi connectivity index (χ0n) is 15.4. The number of nitrogens with zero attached hydrogens (tertiary/aromatic N) is 1. The van der Waals surface area contributed by atoms with Gasteiger partial charge in [0, 0.05) is 17.0 Å². The lowest BCUT2D eigenvalue weighted by Gasteiger charge is -2.37. The highest BCUT2D eigenvalue weighted by atomic mass is 16.5. The molecular weight excluding hydrogens is 325 g/mol. The zero-order valence-corrected chi connectivity index (χ0v) is 15.4. The van der Waals surface area contributed by atoms with Gasteiger partial charge >= 0.3 is 7.48 Å². The lowest BCUT2D eigenvalue weighted by Crippen LogP contribution is -2.49. The number of hydrogen-bond acceptors (Lipinski definition) is 4. The number of fused-ring (bicyclic) bond motifs is 4. The number of aliphatic hydroxyl groups is 1. The van der Waals surface area contributed by atoms with Crippen LogP contribution in [0.1, 0.15) is 27.7 Å². The van der Waals surface area contributed by atoms with E-state index >= 15 is 0 Å². The van der Waals surface area contributed by atoms with E-state index in [1.54, 1.807) is 27.5 Å². The number of benzene rings is 2. The van der Waals surface area contributed by atoms with Gasteiger partial charge < -0.3 is 14.2 Å². The number of pyridine rings is 1. The largest absolute Gasteiger partial charge is 0.438 e. The molecule has 0 unspecified atom stereocenters. The summed E-state index contributed by atoms with van der Waals surface area (Å²) in [6.07, 6.45) is 1.71. The molecule has 0 aliphatic carbocycles. The Morgan fingerprint density at radius 3 is 2.42 bits per heavy atom. The summed E-state index contributed by atoms with van der Waals surface area (Å²) in [5.41, 5.74) is 0.531. The molecule has 2 aromatic carbocycles. The van der Waals surface area contributed by atoms with Gasteiger partial charge in [0.2, 0.25) is 5.71 Å². The second-order valence-corrected chi connectivity index (χ2v) is 7.68. The standard InChI is InChI=1S/C21H21BNO3/c1-20(2,24)21(3,4)26-22-16-9-10-23-19-18(16)15-11-13-7-5-6-8-14(13)12-17(15)25-19/h5-12,24H,1-4H3. The maximum atomic E-state index is 10.3. The van der Waals surface area contributed by atoms with Crippen molar-refractivity contribution >= 4 is 45.8 Å². The molecule has 0 fully saturated rings. The van der Waals surface area contributed by atoms with Crippen LogP contribution in [-0.4, -0.2) is 28.8 Å². The lowest BCUT2D eigenvalue weighted by molar-refractivity contribution is -0.0893. The monoisotopic (exact) mass is 346 g/mol. The summed E-state index contributed by atoms with van der Waals surface area (Å²) < 4.78 is 11.9. The fourth-order valence-electron chi connectivity index (χ4n) is 2.86. The number of hydrogen-bond donors (Lipinski definition) is 1. The Morgan fingerprint density at radius 2 is 1.73 bits per heavy atom. The van der Waals surface area contributed by atoms with Crippen molar-refractivity contribution in [3.63, 3.8) is 0 Å². The van der Waals surface area contributed by atoms with Crippen molar-refractivity contribution in [3.8, 4) is 0 Å². The molecular formula is C21H21BNO3. The summed E-state index contributed by atoms with van der Waals surface area (Å²) in [6.45, 7) is 7.20. The van der Waals surface area contributed by atoms with Crippen LogP contribution in [0.15, 0.2) is 53.1 Å². The van der Waals surface area contributed by atoms with Gasteiger partial charge in [-0.05, 0) is 62.1 Å². The fraction of sp³-hybridized carbons (Fsp3) is 0.286. The second kappa shape index (κ2) is 5.83. The Labute approximate surface area is 153 Å². The lowest BCUT2D eigenvalue weighted by atomic mass is 9.81. The SMILES string of the molecule is CC(C)(O)C(C)(C)O[B]c1ccnc2oc3cc4ccccc4cc3c12. The van der Waals surface area contributed by atoms with Crippen LogP contribution in [-0.2, 0) is 4.65 Å². The minimum atomic E-state index is -0.982. The molecule has 2 heterocycles. The van der Waals surface area contributed by atoms with Crippen LogP contribution < -0.4 is 5.46 Å². The summed E-state index contributed by atoms with van der Waals surface area (Å²) in [7, 11) is 1.69. The van der Waals surface area contributed by atoms with Gasteiger partial charge in [-0.1, -0.05) is 24.3 Å². The maximum Gasteiger partial charge on any atom is 0.331 e. The highest BCUT2D eigenvalue weighted by molar-refractivity contribution is 6.52. The van der Waals surface area contributed by atoms with E-state index in [2.05, 4.69) is 23.2 Å². The van der Waals surface area contributed by atoms with E-state index < -0.39 is 11.2 Å². The Balaban J connectivity index is 1.84. The van der Waals surface area contributed by atoms with Crippen molar-refractivity contribution in [2.45, 2.75) is 38.9 Å². The molecule has 0 aliphatic heterocycles. The van der Waals surface area contributed by atoms with Crippen LogP contribution in [0.2, 0.25) is 0 Å². The molecule has 0 amide bonds. The average molecular weight is 346 g/mol. The van der Waals surface area contributed by atoms with E-state index in [1.807, 2.05) is 38.1 Å². The van der Waals surface area contributed by atoms with E-state index in [4.69, 9.17) is 9.07 Å². The summed E-state index contributed by atoms with van der Waals surface area (Å²) in [6, 6.07) is 14.2. The van der Waals surface area contributed by atoms with E-state index in [0.717, 1.165) is 32.6 Å². The molecule has 0 saturated carbocycles. The molecule has 1 N–H and O–H groups in total. The Bertz CT molecular complexity index is 1110. The third-order valence-corrected chi connectivity index (χ3v) is 5.23. The molecule has 4 aromatic rings. The first-order valence-electron chi connectivity index (χ1n) is 8.70. The molecule has 1 radical (unpaired) electrons. The summed E-state index contributed by atoms with van der Waals surface area (Å²) in [5, 5.41) is 14.5. The quantitative estimate of drug-likeness (QED) is 0.569. The molecule has 0 spiro atoms. The normalized spacial score (nSPS) is 13.0. The zero-order chi connectivity index (χ0) is 18.5. The third kappa shape index (κ3) is 2.77. The molecule has 2 aromatic heterocycles. The van der Waals surface area contributed by atoms with Gasteiger partial charge in [-0.15, -0.1) is 0 Å². The summed E-state index contributed by atoms with van der Waals surface area (Å²) in [4.78, 5) is 4.37. The Kier molecular flexibility index (Phi) is 3.83. The van der Waals surface area contributed by atoms with E-state index in [-0.39, 0.29) is 0 Å². The first kappa shape index (κ1) is 17.1. The van der Waals surface area contributed by atoms with Crippen molar-refractivity contribution in [1.82, 2.24) is 4.98 Å². The number of aromatic nitrogens is 1. The van der Waals surface area contributed by atoms with E-state index in [9.17, 15) is 5.11 Å². The Morgan fingerprint density at radius 1 is 1.04 bits per heavy atom. The molecule has 5 heteroatoms. The van der Waals surface area contributed by atoms with Crippen molar-refractivity contribution in [1.29, 1.82) is 0 Å². The molecule has 131 valence electrons. The first-order valence-corrected chi connectivity index (χ1v) is 8.70. The van der Waals surface area contributed by atoms with Gasteiger partial charge in [-0.25, -0.2) is 4.98 Å². The van der Waals surface area contributed by atoms with Crippen molar-refractivity contribution in [2.75, 3.05) is 0 Å². The number of furan rings is 1. The van der Waals surface area contributed by atoms with Crippen molar-refractivity contribution in [3.05, 3.63) is 48.7 Å². The average Bonchev–Trinajstić information content (AvgIpc) is 2.95. The maximum absolute atomic E-state index is 10.3. The number of rotatable bonds is 4. The Hall–Kier alpha value is -2.37. The molecule has 4 rings (SSSR count). The highest BCUT2D eigenvalue weighted by Crippen LogP contribution is 2.30. The third-order valence-electron chi connectivity index (χ3n) is 5.23. The smallest absolute Gasteiger partial charge is 0.331 e. The van der Waals surface area contributed by atoms with Crippen LogP contribution >= 0.6 is 0 Å². The minimum absolute atomic E-state index is 0.578. The molecule has 4 nitrogen and oxygen atoms in total. The molecule has 0 atom stereocenters. The van der Waals surface area contributed by atoms with Gasteiger partial charge in [0.15, 0.2) is 0 Å². The second-order valence-electron chi connectivity index (χ2n) is 7.68. The predicted octanol–water partition coefficient (Wildman–Crippen LogP) is 3.94. The highest BCUT2D eigenvalue weighted by Gasteiger charge is 2.36. The molecule has 0 saturated heterocycles. The van der Waals surface area contributed by atoms with Gasteiger partial charge in [-0.3, -0.25) is 0 Å². The van der Waals surface area contributed by atoms with E-state index in [0.29, 0.717) is 5.71 Å². The van der Waals surface area contributed by atoms with Crippen LogP contribution in [0.25, 0.3) is 32.8 Å². The van der Waals surface area contributed by atoms with E-state index in [1.165, 1.54) is 0 Å². The first-order chi connectivity index (χ1) is 12.3. The van der Waals surface area contributed by atoms with Gasteiger partial charge in [0.1, 0.15) is 5.58 Å². The van der Waals surface area contributed by atoms with Crippen LogP contribution in [0, 0.1) is 0 Å². The molecule has 26 heavy (non-hydrogen) atoms. The van der Waals surface area contributed by atoms with Crippen molar-refractivity contribution < 1.29 is 14.2 Å². The van der Waals surface area contributed by atoms with Crippen molar-refractivity contribution in [2.24, 2.45) is 0 Å². The summed E-state index contributed by atoms with van der Waals surface area (Å²) in [5.74, 6) is 0. The summed E-state index contributed by atoms with van der Waals surface area (Å²) >= 11 is 0. The predicted molar refractivity (Wildman–Crippen MR) is 106 cm³/mol. The fourth-order valence-corrected chi connectivity index (χ4v) is 2.86. The van der Waals surface area contributed by atoms with Gasteiger partial charge in [0.05, 0.1) is 11.2 Å². The minimum Gasteiger partial charge on any atom is -0.438 e. The molecule has 0 bridgehead atoms. The topological polar surface area (TPSA) is 55.5 Å². The van der Waals surface area contributed by atoms with Crippen LogP contribution in [0.5, 0.6) is 0 Å². The van der Waals surface area contributed by atoms with Crippen LogP contribution in [0.4, 0.5) is 0 Å². The van der Waals surface area contributed by atoms with Gasteiger partial charge in [0.25, 0.3) is 0 Å².